The number of nitrogens with zero attached hydrogens (tertiary/aromatic N) is 1. The van der Waals surface area contributed by atoms with Crippen molar-refractivity contribution in [2.45, 2.75) is 24.2 Å². The fourth-order valence-corrected chi connectivity index (χ4v) is 3.50. The quantitative estimate of drug-likeness (QED) is 0.776. The molecule has 0 spiro atoms. The molecule has 1 aliphatic rings. The van der Waals surface area contributed by atoms with Gasteiger partial charge in [-0.15, -0.1) is 0 Å². The van der Waals surface area contributed by atoms with Gasteiger partial charge in [-0.2, -0.15) is 0 Å². The minimum absolute atomic E-state index is 0.559. The van der Waals surface area contributed by atoms with Crippen molar-refractivity contribution in [1.82, 2.24) is 4.31 Å². The molecule has 1 heterocycles. The van der Waals surface area contributed by atoms with Gasteiger partial charge in [0, 0.05) is 18.8 Å². The summed E-state index contributed by atoms with van der Waals surface area (Å²) in [7, 11) is -2.80. The first-order valence-electron chi connectivity index (χ1n) is 5.50. The van der Waals surface area contributed by atoms with E-state index < -0.39 is 9.92 Å². The summed E-state index contributed by atoms with van der Waals surface area (Å²) in [4.78, 5) is 0.559. The molecule has 1 aromatic rings. The van der Waals surface area contributed by atoms with Gasteiger partial charge in [-0.25, -0.2) is 13.3 Å². The van der Waals surface area contributed by atoms with E-state index in [0.717, 1.165) is 25.9 Å². The molecule has 0 bridgehead atoms. The van der Waals surface area contributed by atoms with Crippen LogP contribution in [-0.4, -0.2) is 21.6 Å². The number of nitrogen functional groups attached to an aromatic ring is 1. The highest BCUT2D eigenvalue weighted by molar-refractivity contribution is 7.90. The van der Waals surface area contributed by atoms with Crippen LogP contribution in [0.25, 0.3) is 0 Å². The Labute approximate surface area is 96.6 Å². The molecule has 0 aromatic heterocycles. The van der Waals surface area contributed by atoms with Crippen molar-refractivity contribution >= 4 is 15.6 Å². The Balaban J connectivity index is 2.27. The second kappa shape index (κ2) is 4.43. The molecule has 1 saturated heterocycles. The molecule has 0 aliphatic carbocycles. The highest BCUT2D eigenvalue weighted by Crippen LogP contribution is 2.21. The lowest BCUT2D eigenvalue weighted by atomic mass is 10.2. The van der Waals surface area contributed by atoms with E-state index in [0.29, 0.717) is 10.6 Å². The molecule has 3 N–H and O–H groups in total. The van der Waals surface area contributed by atoms with Gasteiger partial charge in [-0.05, 0) is 37.1 Å². The van der Waals surface area contributed by atoms with Crippen molar-refractivity contribution in [2.75, 3.05) is 18.8 Å². The van der Waals surface area contributed by atoms with Gasteiger partial charge in [0.15, 0.2) is 0 Å². The van der Waals surface area contributed by atoms with Crippen LogP contribution in [0.1, 0.15) is 19.3 Å². The number of nitrogens with one attached hydrogen (secondary N) is 1. The Kier molecular flexibility index (Phi) is 3.16. The zero-order valence-corrected chi connectivity index (χ0v) is 10.0. The molecule has 1 unspecified atom stereocenters. The molecule has 0 amide bonds. The largest absolute Gasteiger partial charge is 0.399 e. The maximum Gasteiger partial charge on any atom is 0.137 e. The van der Waals surface area contributed by atoms with Crippen LogP contribution in [0.3, 0.4) is 0 Å². The van der Waals surface area contributed by atoms with Crippen molar-refractivity contribution in [3.05, 3.63) is 24.3 Å². The van der Waals surface area contributed by atoms with Crippen molar-refractivity contribution < 1.29 is 4.21 Å². The molecule has 1 aromatic carbocycles. The van der Waals surface area contributed by atoms with Crippen LogP contribution in [-0.2, 0) is 9.92 Å². The van der Waals surface area contributed by atoms with E-state index in [1.807, 2.05) is 0 Å². The third-order valence-electron chi connectivity index (χ3n) is 2.88. The summed E-state index contributed by atoms with van der Waals surface area (Å²) in [5, 5.41) is 0. The van der Waals surface area contributed by atoms with Crippen LogP contribution in [0, 0.1) is 4.78 Å². The zero-order chi connectivity index (χ0) is 11.6. The summed E-state index contributed by atoms with van der Waals surface area (Å²) in [6, 6.07) is 6.79. The maximum atomic E-state index is 12.4. The van der Waals surface area contributed by atoms with Crippen molar-refractivity contribution in [3.63, 3.8) is 0 Å². The first-order chi connectivity index (χ1) is 7.60. The molecule has 4 nitrogen and oxygen atoms in total. The summed E-state index contributed by atoms with van der Waals surface area (Å²) in [6.07, 6.45) is 3.24. The fraction of sp³-hybridized carbons (Fsp3) is 0.455. The third kappa shape index (κ3) is 2.20. The smallest absolute Gasteiger partial charge is 0.137 e. The topological polar surface area (TPSA) is 70.2 Å². The molecule has 0 saturated carbocycles. The molecule has 1 atom stereocenters. The van der Waals surface area contributed by atoms with Crippen LogP contribution in [0.5, 0.6) is 0 Å². The lowest BCUT2D eigenvalue weighted by Gasteiger charge is -2.28. The van der Waals surface area contributed by atoms with Crippen molar-refractivity contribution in [2.24, 2.45) is 0 Å². The first-order valence-corrected chi connectivity index (χ1v) is 7.01. The van der Waals surface area contributed by atoms with Gasteiger partial charge in [-0.3, -0.25) is 0 Å². The Morgan fingerprint density at radius 2 is 1.69 bits per heavy atom. The van der Waals surface area contributed by atoms with Crippen LogP contribution in [0.15, 0.2) is 29.2 Å². The number of rotatable bonds is 2. The lowest BCUT2D eigenvalue weighted by Crippen LogP contribution is -2.34. The first kappa shape index (κ1) is 11.4. The highest BCUT2D eigenvalue weighted by atomic mass is 32.2. The van der Waals surface area contributed by atoms with Crippen LogP contribution < -0.4 is 5.73 Å². The van der Waals surface area contributed by atoms with E-state index in [4.69, 9.17) is 10.5 Å². The average Bonchev–Trinajstić information content (AvgIpc) is 2.31. The monoisotopic (exact) mass is 239 g/mol. The number of piperidine rings is 1. The molecule has 5 heteroatoms. The normalized spacial score (nSPS) is 21.5. The standard InChI is InChI=1S/C11H17N3OS/c12-10-4-6-11(7-5-10)16(13,15)14-8-2-1-3-9-14/h4-7,13H,1-3,8-9,12H2. The van der Waals surface area contributed by atoms with Gasteiger partial charge in [-0.1, -0.05) is 6.42 Å². The van der Waals surface area contributed by atoms with Gasteiger partial charge >= 0.3 is 0 Å². The Hall–Kier alpha value is -1.07. The Morgan fingerprint density at radius 1 is 1.12 bits per heavy atom. The zero-order valence-electron chi connectivity index (χ0n) is 9.19. The molecule has 0 radical (unpaired) electrons. The van der Waals surface area contributed by atoms with Gasteiger partial charge in [0.25, 0.3) is 0 Å². The van der Waals surface area contributed by atoms with Gasteiger partial charge in [0.05, 0.1) is 4.90 Å². The average molecular weight is 239 g/mol. The molecule has 16 heavy (non-hydrogen) atoms. The second-order valence-corrected chi connectivity index (χ2v) is 6.12. The number of benzene rings is 1. The molecule has 88 valence electrons. The number of nitrogens with two attached hydrogens (primary N) is 1. The van der Waals surface area contributed by atoms with Crippen LogP contribution in [0.2, 0.25) is 0 Å². The minimum Gasteiger partial charge on any atom is -0.399 e. The third-order valence-corrected chi connectivity index (χ3v) is 4.88. The summed E-state index contributed by atoms with van der Waals surface area (Å²) in [6.45, 7) is 1.51. The minimum atomic E-state index is -2.80. The highest BCUT2D eigenvalue weighted by Gasteiger charge is 2.22. The van der Waals surface area contributed by atoms with E-state index in [1.54, 1.807) is 28.6 Å². The summed E-state index contributed by atoms with van der Waals surface area (Å²) in [5.41, 5.74) is 6.22. The van der Waals surface area contributed by atoms with Gasteiger partial charge in [0.1, 0.15) is 9.92 Å². The van der Waals surface area contributed by atoms with Crippen LogP contribution >= 0.6 is 0 Å². The molecular weight excluding hydrogens is 222 g/mol. The molecular formula is C11H17N3OS. The molecule has 2 rings (SSSR count). The van der Waals surface area contributed by atoms with E-state index in [1.165, 1.54) is 6.42 Å². The van der Waals surface area contributed by atoms with E-state index in [9.17, 15) is 4.21 Å². The fourth-order valence-electron chi connectivity index (χ4n) is 1.92. The van der Waals surface area contributed by atoms with Crippen LogP contribution in [0.4, 0.5) is 5.69 Å². The number of hydrogen-bond acceptors (Lipinski definition) is 3. The predicted octanol–water partition coefficient (Wildman–Crippen LogP) is 2.08. The number of anilines is 1. The van der Waals surface area contributed by atoms with Gasteiger partial charge in [0.2, 0.25) is 0 Å². The SMILES string of the molecule is N=S(=O)(c1ccc(N)cc1)N1CCCCC1. The second-order valence-electron chi connectivity index (χ2n) is 4.08. The summed E-state index contributed by atoms with van der Waals surface area (Å²) >= 11 is 0. The summed E-state index contributed by atoms with van der Waals surface area (Å²) < 4.78 is 22.2. The van der Waals surface area contributed by atoms with E-state index in [-0.39, 0.29) is 0 Å². The van der Waals surface area contributed by atoms with Crippen molar-refractivity contribution in [3.8, 4) is 0 Å². The van der Waals surface area contributed by atoms with Gasteiger partial charge < -0.3 is 5.73 Å². The Bertz CT molecular complexity index is 447. The number of hydrogen-bond donors (Lipinski definition) is 2. The summed E-state index contributed by atoms with van der Waals surface area (Å²) in [5.74, 6) is 0. The Morgan fingerprint density at radius 3 is 2.25 bits per heavy atom. The van der Waals surface area contributed by atoms with Crippen molar-refractivity contribution in [1.29, 1.82) is 4.78 Å². The van der Waals surface area contributed by atoms with E-state index in [2.05, 4.69) is 0 Å². The molecule has 1 aliphatic heterocycles. The predicted molar refractivity (Wildman–Crippen MR) is 65.4 cm³/mol. The molecule has 1 fully saturated rings. The maximum absolute atomic E-state index is 12.4. The van der Waals surface area contributed by atoms with E-state index >= 15 is 0 Å². The lowest BCUT2D eigenvalue weighted by molar-refractivity contribution is 0.360.